The van der Waals surface area contributed by atoms with Crippen molar-refractivity contribution in [1.82, 2.24) is 14.7 Å². The van der Waals surface area contributed by atoms with Crippen molar-refractivity contribution in [3.63, 3.8) is 0 Å². The number of aryl methyl sites for hydroxylation is 1. The first-order valence-corrected chi connectivity index (χ1v) is 7.09. The maximum Gasteiger partial charge on any atom is 0.270 e. The normalized spacial score (nSPS) is 10.8. The molecule has 2 heterocycles. The number of aliphatic hydroxyl groups excluding tert-OH is 1. The summed E-state index contributed by atoms with van der Waals surface area (Å²) in [5.41, 5.74) is 3.86. The Balaban J connectivity index is 1.77. The van der Waals surface area contributed by atoms with Crippen molar-refractivity contribution in [3.8, 4) is 0 Å². The van der Waals surface area contributed by atoms with Crippen LogP contribution in [0.25, 0.3) is 5.65 Å². The van der Waals surface area contributed by atoms with E-state index in [0.29, 0.717) is 17.9 Å². The zero-order valence-electron chi connectivity index (χ0n) is 12.3. The van der Waals surface area contributed by atoms with Gasteiger partial charge in [0.2, 0.25) is 0 Å². The SMILES string of the molecule is Cc1nc2ccccn2c1C(=O)NCc1ccc(CO)cc1. The highest BCUT2D eigenvalue weighted by Gasteiger charge is 2.15. The van der Waals surface area contributed by atoms with Gasteiger partial charge in [-0.25, -0.2) is 4.98 Å². The van der Waals surface area contributed by atoms with Crippen LogP contribution in [0.3, 0.4) is 0 Å². The fraction of sp³-hybridized carbons (Fsp3) is 0.176. The van der Waals surface area contributed by atoms with Gasteiger partial charge in [-0.05, 0) is 30.2 Å². The van der Waals surface area contributed by atoms with Crippen molar-refractivity contribution in [1.29, 1.82) is 0 Å². The van der Waals surface area contributed by atoms with Gasteiger partial charge < -0.3 is 10.4 Å². The van der Waals surface area contributed by atoms with Crippen LogP contribution in [0.15, 0.2) is 48.7 Å². The average Bonchev–Trinajstić information content (AvgIpc) is 2.89. The van der Waals surface area contributed by atoms with Gasteiger partial charge in [0.05, 0.1) is 12.3 Å². The first-order chi connectivity index (χ1) is 10.7. The molecule has 1 aromatic carbocycles. The molecular formula is C17H17N3O2. The standard InChI is InChI=1S/C17H17N3O2/c1-12-16(20-9-3-2-4-15(20)19-12)17(22)18-10-13-5-7-14(11-21)8-6-13/h2-9,21H,10-11H2,1H3,(H,18,22). The van der Waals surface area contributed by atoms with Crippen molar-refractivity contribution >= 4 is 11.6 Å². The highest BCUT2D eigenvalue weighted by molar-refractivity contribution is 5.94. The number of hydrogen-bond acceptors (Lipinski definition) is 3. The van der Waals surface area contributed by atoms with Crippen LogP contribution in [-0.4, -0.2) is 20.4 Å². The molecule has 3 aromatic rings. The molecule has 2 aromatic heterocycles. The first kappa shape index (κ1) is 14.3. The Bertz CT molecular complexity index is 806. The zero-order valence-corrected chi connectivity index (χ0v) is 12.3. The summed E-state index contributed by atoms with van der Waals surface area (Å²) in [6, 6.07) is 13.1. The molecule has 0 fully saturated rings. The van der Waals surface area contributed by atoms with Gasteiger partial charge in [0.1, 0.15) is 11.3 Å². The number of aliphatic hydroxyl groups is 1. The number of nitrogens with zero attached hydrogens (tertiary/aromatic N) is 2. The number of amides is 1. The largest absolute Gasteiger partial charge is 0.392 e. The average molecular weight is 295 g/mol. The topological polar surface area (TPSA) is 66.6 Å². The van der Waals surface area contributed by atoms with Gasteiger partial charge >= 0.3 is 0 Å². The molecule has 0 radical (unpaired) electrons. The van der Waals surface area contributed by atoms with E-state index in [-0.39, 0.29) is 12.5 Å². The molecule has 3 rings (SSSR count). The van der Waals surface area contributed by atoms with E-state index in [0.717, 1.165) is 16.8 Å². The molecule has 112 valence electrons. The Morgan fingerprint density at radius 1 is 1.18 bits per heavy atom. The molecule has 0 unspecified atom stereocenters. The van der Waals surface area contributed by atoms with E-state index < -0.39 is 0 Å². The van der Waals surface area contributed by atoms with Crippen LogP contribution in [0.5, 0.6) is 0 Å². The number of aromatic nitrogens is 2. The number of imidazole rings is 1. The summed E-state index contributed by atoms with van der Waals surface area (Å²) >= 11 is 0. The molecule has 0 atom stereocenters. The molecule has 0 aliphatic rings. The molecular weight excluding hydrogens is 278 g/mol. The van der Waals surface area contributed by atoms with Crippen LogP contribution in [0, 0.1) is 6.92 Å². The van der Waals surface area contributed by atoms with Crippen molar-refractivity contribution in [2.45, 2.75) is 20.1 Å². The van der Waals surface area contributed by atoms with Gasteiger partial charge in [0.15, 0.2) is 0 Å². The van der Waals surface area contributed by atoms with E-state index in [9.17, 15) is 4.79 Å². The number of carbonyl (C=O) groups excluding carboxylic acids is 1. The summed E-state index contributed by atoms with van der Waals surface area (Å²) in [7, 11) is 0. The number of pyridine rings is 1. The number of fused-ring (bicyclic) bond motifs is 1. The molecule has 0 spiro atoms. The number of rotatable bonds is 4. The van der Waals surface area contributed by atoms with Crippen LogP contribution >= 0.6 is 0 Å². The summed E-state index contributed by atoms with van der Waals surface area (Å²) in [5, 5.41) is 11.9. The number of nitrogens with one attached hydrogen (secondary N) is 1. The Kier molecular flexibility index (Phi) is 3.89. The number of carbonyl (C=O) groups is 1. The van der Waals surface area contributed by atoms with Gasteiger partial charge in [-0.3, -0.25) is 9.20 Å². The lowest BCUT2D eigenvalue weighted by atomic mass is 10.1. The van der Waals surface area contributed by atoms with Crippen molar-refractivity contribution in [2.24, 2.45) is 0 Å². The second-order valence-corrected chi connectivity index (χ2v) is 5.13. The van der Waals surface area contributed by atoms with Crippen molar-refractivity contribution in [3.05, 3.63) is 71.2 Å². The fourth-order valence-corrected chi connectivity index (χ4v) is 2.42. The summed E-state index contributed by atoms with van der Waals surface area (Å²) in [4.78, 5) is 16.8. The van der Waals surface area contributed by atoms with E-state index in [4.69, 9.17) is 5.11 Å². The van der Waals surface area contributed by atoms with Crippen LogP contribution in [0.2, 0.25) is 0 Å². The zero-order chi connectivity index (χ0) is 15.5. The smallest absolute Gasteiger partial charge is 0.270 e. The summed E-state index contributed by atoms with van der Waals surface area (Å²) in [6.45, 7) is 2.29. The lowest BCUT2D eigenvalue weighted by molar-refractivity contribution is 0.0944. The second-order valence-electron chi connectivity index (χ2n) is 5.13. The van der Waals surface area contributed by atoms with Gasteiger partial charge in [-0.15, -0.1) is 0 Å². The molecule has 5 heteroatoms. The van der Waals surface area contributed by atoms with E-state index in [1.807, 2.05) is 55.6 Å². The third-order valence-electron chi connectivity index (χ3n) is 3.58. The predicted octanol–water partition coefficient (Wildman–Crippen LogP) is 2.07. The van der Waals surface area contributed by atoms with Crippen molar-refractivity contribution in [2.75, 3.05) is 0 Å². The minimum Gasteiger partial charge on any atom is -0.392 e. The minimum atomic E-state index is -0.151. The maximum atomic E-state index is 12.4. The number of hydrogen-bond donors (Lipinski definition) is 2. The quantitative estimate of drug-likeness (QED) is 0.774. The Hall–Kier alpha value is -2.66. The highest BCUT2D eigenvalue weighted by Crippen LogP contribution is 2.12. The Labute approximate surface area is 128 Å². The lowest BCUT2D eigenvalue weighted by Crippen LogP contribution is -2.24. The maximum absolute atomic E-state index is 12.4. The van der Waals surface area contributed by atoms with E-state index in [1.165, 1.54) is 0 Å². The van der Waals surface area contributed by atoms with E-state index in [2.05, 4.69) is 10.3 Å². The fourth-order valence-electron chi connectivity index (χ4n) is 2.42. The van der Waals surface area contributed by atoms with Crippen LogP contribution in [0.4, 0.5) is 0 Å². The molecule has 2 N–H and O–H groups in total. The van der Waals surface area contributed by atoms with E-state index in [1.54, 1.807) is 4.40 Å². The van der Waals surface area contributed by atoms with E-state index >= 15 is 0 Å². The third-order valence-corrected chi connectivity index (χ3v) is 3.58. The van der Waals surface area contributed by atoms with Crippen molar-refractivity contribution < 1.29 is 9.90 Å². The second kappa shape index (κ2) is 5.99. The monoisotopic (exact) mass is 295 g/mol. The molecule has 0 saturated heterocycles. The third kappa shape index (κ3) is 2.71. The molecule has 0 aliphatic carbocycles. The summed E-state index contributed by atoms with van der Waals surface area (Å²) in [6.07, 6.45) is 1.83. The summed E-state index contributed by atoms with van der Waals surface area (Å²) in [5.74, 6) is -0.151. The molecule has 0 aliphatic heterocycles. The predicted molar refractivity (Wildman–Crippen MR) is 83.5 cm³/mol. The molecule has 1 amide bonds. The van der Waals surface area contributed by atoms with Gasteiger partial charge in [0, 0.05) is 12.7 Å². The van der Waals surface area contributed by atoms with Crippen LogP contribution in [-0.2, 0) is 13.2 Å². The Morgan fingerprint density at radius 3 is 2.64 bits per heavy atom. The molecule has 22 heavy (non-hydrogen) atoms. The van der Waals surface area contributed by atoms with Gasteiger partial charge in [-0.1, -0.05) is 30.3 Å². The highest BCUT2D eigenvalue weighted by atomic mass is 16.3. The molecule has 5 nitrogen and oxygen atoms in total. The lowest BCUT2D eigenvalue weighted by Gasteiger charge is -2.07. The Morgan fingerprint density at radius 2 is 1.91 bits per heavy atom. The number of benzene rings is 1. The van der Waals surface area contributed by atoms with Gasteiger partial charge in [-0.2, -0.15) is 0 Å². The first-order valence-electron chi connectivity index (χ1n) is 7.09. The minimum absolute atomic E-state index is 0.0215. The molecule has 0 saturated carbocycles. The van der Waals surface area contributed by atoms with Crippen LogP contribution < -0.4 is 5.32 Å². The van der Waals surface area contributed by atoms with Gasteiger partial charge in [0.25, 0.3) is 5.91 Å². The molecule has 0 bridgehead atoms. The van der Waals surface area contributed by atoms with Crippen LogP contribution in [0.1, 0.15) is 27.3 Å². The summed E-state index contributed by atoms with van der Waals surface area (Å²) < 4.78 is 1.79.